The van der Waals surface area contributed by atoms with Crippen molar-refractivity contribution >= 4 is 5.97 Å². The van der Waals surface area contributed by atoms with E-state index >= 15 is 0 Å². The van der Waals surface area contributed by atoms with Crippen LogP contribution in [0.25, 0.3) is 0 Å². The van der Waals surface area contributed by atoms with E-state index in [2.05, 4.69) is 5.32 Å². The van der Waals surface area contributed by atoms with Crippen LogP contribution in [-0.2, 0) is 4.79 Å². The number of methoxy groups -OCH3 is 1. The largest absolute Gasteiger partial charge is 0.497 e. The summed E-state index contributed by atoms with van der Waals surface area (Å²) in [5.41, 5.74) is -0.247. The maximum Gasteiger partial charge on any atom is 0.407 e. The highest BCUT2D eigenvalue weighted by atomic mass is 19.4. The Morgan fingerprint density at radius 2 is 1.92 bits per heavy atom. The zero-order valence-electron chi connectivity index (χ0n) is 14.3. The monoisotopic (exact) mass is 347 g/mol. The lowest BCUT2D eigenvalue weighted by Gasteiger charge is -2.28. The average molecular weight is 347 g/mol. The zero-order chi connectivity index (χ0) is 18.5. The Morgan fingerprint density at radius 1 is 1.29 bits per heavy atom. The average Bonchev–Trinajstić information content (AvgIpc) is 2.44. The Bertz CT molecular complexity index is 553. The first-order chi connectivity index (χ1) is 10.9. The number of alkyl halides is 3. The zero-order valence-corrected chi connectivity index (χ0v) is 14.3. The van der Waals surface area contributed by atoms with E-state index < -0.39 is 24.2 Å². The van der Waals surface area contributed by atoms with Crippen molar-refractivity contribution in [2.75, 3.05) is 7.11 Å². The van der Waals surface area contributed by atoms with Gasteiger partial charge in [0.05, 0.1) is 7.11 Å². The Balaban J connectivity index is 3.04. The van der Waals surface area contributed by atoms with E-state index in [9.17, 15) is 23.1 Å². The fraction of sp³-hybridized carbons (Fsp3) is 0.588. The molecule has 2 N–H and O–H groups in total. The molecule has 0 saturated heterocycles. The summed E-state index contributed by atoms with van der Waals surface area (Å²) in [6.07, 6.45) is -4.03. The third kappa shape index (κ3) is 6.39. The summed E-state index contributed by atoms with van der Waals surface area (Å²) in [6, 6.07) is 2.17. The Kier molecular flexibility index (Phi) is 6.66. The van der Waals surface area contributed by atoms with Crippen molar-refractivity contribution in [1.82, 2.24) is 5.32 Å². The molecule has 1 aromatic carbocycles. The molecule has 0 aliphatic carbocycles. The molecule has 0 bridgehead atoms. The number of halogens is 3. The number of rotatable bonds is 7. The minimum atomic E-state index is -4.62. The van der Waals surface area contributed by atoms with Gasteiger partial charge in [0, 0.05) is 0 Å². The van der Waals surface area contributed by atoms with Gasteiger partial charge in [-0.15, -0.1) is 0 Å². The number of hydrogen-bond acceptors (Lipinski definition) is 3. The van der Waals surface area contributed by atoms with Crippen LogP contribution in [0.3, 0.4) is 0 Å². The molecule has 2 atom stereocenters. The highest BCUT2D eigenvalue weighted by Crippen LogP contribution is 2.35. The number of hydrogen-bond donors (Lipinski definition) is 2. The van der Waals surface area contributed by atoms with Crippen molar-refractivity contribution < 1.29 is 27.8 Å². The molecular formula is C17H24F3NO3. The Labute approximate surface area is 140 Å². The van der Waals surface area contributed by atoms with Gasteiger partial charge in [0.2, 0.25) is 0 Å². The number of nitrogens with one attached hydrogen (secondary N) is 1. The number of aliphatic carboxylic acids is 1. The first-order valence-electron chi connectivity index (χ1n) is 7.63. The molecule has 0 aromatic heterocycles. The van der Waals surface area contributed by atoms with Crippen molar-refractivity contribution in [3.05, 3.63) is 29.8 Å². The van der Waals surface area contributed by atoms with Crippen LogP contribution in [0.4, 0.5) is 13.2 Å². The second kappa shape index (κ2) is 7.88. The minimum Gasteiger partial charge on any atom is -0.497 e. The summed E-state index contributed by atoms with van der Waals surface area (Å²) in [7, 11) is 1.36. The molecular weight excluding hydrogens is 323 g/mol. The number of benzene rings is 1. The molecule has 0 heterocycles. The summed E-state index contributed by atoms with van der Waals surface area (Å²) in [4.78, 5) is 11.4. The van der Waals surface area contributed by atoms with Crippen LogP contribution in [0.5, 0.6) is 5.75 Å². The molecule has 4 nitrogen and oxygen atoms in total. The van der Waals surface area contributed by atoms with Gasteiger partial charge in [-0.3, -0.25) is 10.1 Å². The van der Waals surface area contributed by atoms with Gasteiger partial charge < -0.3 is 9.84 Å². The lowest BCUT2D eigenvalue weighted by molar-refractivity contribution is -0.163. The summed E-state index contributed by atoms with van der Waals surface area (Å²) < 4.78 is 45.3. The lowest BCUT2D eigenvalue weighted by atomic mass is 9.88. The topological polar surface area (TPSA) is 58.6 Å². The standard InChI is InChI=1S/C17H24F3NO3/c1-16(2,3)9-8-13(15(22)23)21-14(17(18,19)20)11-6-5-7-12(10-11)24-4/h5-7,10,13-14,21H,8-9H2,1-4H3,(H,22,23)/t13?,14-/m1/s1. The molecule has 0 aliphatic rings. The van der Waals surface area contributed by atoms with Crippen LogP contribution in [0.2, 0.25) is 0 Å². The number of carbonyl (C=O) groups is 1. The van der Waals surface area contributed by atoms with Gasteiger partial charge in [-0.1, -0.05) is 32.9 Å². The third-order valence-electron chi connectivity index (χ3n) is 3.60. The minimum absolute atomic E-state index is 0.0798. The summed E-state index contributed by atoms with van der Waals surface area (Å²) in [6.45, 7) is 5.74. The molecule has 0 aliphatic heterocycles. The Morgan fingerprint density at radius 3 is 2.38 bits per heavy atom. The van der Waals surface area contributed by atoms with E-state index in [0.717, 1.165) is 0 Å². The molecule has 0 radical (unpaired) electrons. The van der Waals surface area contributed by atoms with E-state index in [-0.39, 0.29) is 23.1 Å². The number of carboxylic acids is 1. The highest BCUT2D eigenvalue weighted by Gasteiger charge is 2.43. The van der Waals surface area contributed by atoms with Gasteiger partial charge in [0.1, 0.15) is 17.8 Å². The van der Waals surface area contributed by atoms with Crippen LogP contribution in [0.15, 0.2) is 24.3 Å². The summed E-state index contributed by atoms with van der Waals surface area (Å²) in [5, 5.41) is 11.5. The van der Waals surface area contributed by atoms with Gasteiger partial charge in [-0.2, -0.15) is 13.2 Å². The van der Waals surface area contributed by atoms with Crippen LogP contribution in [-0.4, -0.2) is 30.4 Å². The highest BCUT2D eigenvalue weighted by molar-refractivity contribution is 5.73. The fourth-order valence-electron chi connectivity index (χ4n) is 2.26. The van der Waals surface area contributed by atoms with E-state index in [1.807, 2.05) is 20.8 Å². The van der Waals surface area contributed by atoms with Gasteiger partial charge in [0.25, 0.3) is 0 Å². The van der Waals surface area contributed by atoms with Gasteiger partial charge in [0.15, 0.2) is 0 Å². The van der Waals surface area contributed by atoms with E-state index in [4.69, 9.17) is 4.74 Å². The van der Waals surface area contributed by atoms with Crippen molar-refractivity contribution in [2.45, 2.75) is 51.9 Å². The van der Waals surface area contributed by atoms with Crippen molar-refractivity contribution in [1.29, 1.82) is 0 Å². The summed E-state index contributed by atoms with van der Waals surface area (Å²) in [5.74, 6) is -1.01. The van der Waals surface area contributed by atoms with Gasteiger partial charge in [-0.25, -0.2) is 0 Å². The molecule has 0 saturated carbocycles. The van der Waals surface area contributed by atoms with E-state index in [1.165, 1.54) is 31.4 Å². The quantitative estimate of drug-likeness (QED) is 0.777. The first kappa shape index (κ1) is 20.3. The second-order valence-corrected chi connectivity index (χ2v) is 6.91. The molecule has 7 heteroatoms. The smallest absolute Gasteiger partial charge is 0.407 e. The third-order valence-corrected chi connectivity index (χ3v) is 3.60. The molecule has 1 rings (SSSR count). The summed E-state index contributed by atoms with van der Waals surface area (Å²) >= 11 is 0. The van der Waals surface area contributed by atoms with Crippen LogP contribution in [0, 0.1) is 5.41 Å². The van der Waals surface area contributed by atoms with Crippen LogP contribution >= 0.6 is 0 Å². The SMILES string of the molecule is COc1cccc([C@@H](NC(CCC(C)(C)C)C(=O)O)C(F)(F)F)c1. The second-order valence-electron chi connectivity index (χ2n) is 6.91. The van der Waals surface area contributed by atoms with Crippen molar-refractivity contribution in [2.24, 2.45) is 5.41 Å². The molecule has 0 amide bonds. The molecule has 136 valence electrons. The Hall–Kier alpha value is -1.76. The predicted molar refractivity (Wildman–Crippen MR) is 85.0 cm³/mol. The number of carboxylic acid groups (broad SMARTS) is 1. The van der Waals surface area contributed by atoms with E-state index in [1.54, 1.807) is 0 Å². The van der Waals surface area contributed by atoms with Crippen LogP contribution < -0.4 is 10.1 Å². The van der Waals surface area contributed by atoms with Crippen molar-refractivity contribution in [3.8, 4) is 5.75 Å². The fourth-order valence-corrected chi connectivity index (χ4v) is 2.26. The maximum absolute atomic E-state index is 13.4. The predicted octanol–water partition coefficient (Wildman–Crippen LogP) is 4.17. The van der Waals surface area contributed by atoms with Crippen LogP contribution in [0.1, 0.15) is 45.2 Å². The molecule has 1 unspecified atom stereocenters. The maximum atomic E-state index is 13.4. The van der Waals surface area contributed by atoms with Gasteiger partial charge in [-0.05, 0) is 36.0 Å². The normalized spacial score (nSPS) is 15.0. The molecule has 24 heavy (non-hydrogen) atoms. The molecule has 0 fully saturated rings. The van der Waals surface area contributed by atoms with E-state index in [0.29, 0.717) is 6.42 Å². The van der Waals surface area contributed by atoms with Gasteiger partial charge >= 0.3 is 12.1 Å². The first-order valence-corrected chi connectivity index (χ1v) is 7.63. The molecule has 0 spiro atoms. The lowest BCUT2D eigenvalue weighted by Crippen LogP contribution is -2.45. The molecule has 1 aromatic rings. The number of ether oxygens (including phenoxy) is 1. The van der Waals surface area contributed by atoms with Crippen molar-refractivity contribution in [3.63, 3.8) is 0 Å².